The van der Waals surface area contributed by atoms with Crippen LogP contribution in [-0.2, 0) is 4.74 Å². The molecule has 0 aliphatic carbocycles. The number of nitriles is 1. The van der Waals surface area contributed by atoms with Crippen molar-refractivity contribution >= 4 is 5.69 Å². The van der Waals surface area contributed by atoms with E-state index < -0.39 is 5.82 Å². The van der Waals surface area contributed by atoms with Gasteiger partial charge in [0.2, 0.25) is 0 Å². The Balaban J connectivity index is 1.77. The Morgan fingerprint density at radius 3 is 2.67 bits per heavy atom. The van der Waals surface area contributed by atoms with Crippen LogP contribution >= 0.6 is 0 Å². The first-order valence-electron chi connectivity index (χ1n) is 9.67. The molecule has 2 heterocycles. The fourth-order valence-corrected chi connectivity index (χ4v) is 3.95. The molecule has 1 unspecified atom stereocenters. The number of piperidine rings is 1. The second-order valence-electron chi connectivity index (χ2n) is 7.19. The van der Waals surface area contributed by atoms with Gasteiger partial charge in [0.1, 0.15) is 11.9 Å². The van der Waals surface area contributed by atoms with E-state index >= 15 is 0 Å². The zero-order valence-corrected chi connectivity index (χ0v) is 15.4. The average molecular weight is 365 g/mol. The molecule has 2 saturated heterocycles. The molecule has 4 rings (SSSR count). The minimum absolute atomic E-state index is 0.0103. The molecule has 1 N–H and O–H groups in total. The average Bonchev–Trinajstić information content (AvgIpc) is 2.74. The summed E-state index contributed by atoms with van der Waals surface area (Å²) in [5.41, 5.74) is 4.12. The summed E-state index contributed by atoms with van der Waals surface area (Å²) < 4.78 is 20.2. The summed E-state index contributed by atoms with van der Waals surface area (Å²) >= 11 is 0. The topological polar surface area (TPSA) is 48.3 Å². The third kappa shape index (κ3) is 3.83. The van der Waals surface area contributed by atoms with Crippen LogP contribution in [0.3, 0.4) is 0 Å². The van der Waals surface area contributed by atoms with Crippen molar-refractivity contribution < 1.29 is 9.13 Å². The molecule has 140 valence electrons. The number of halogens is 1. The lowest BCUT2D eigenvalue weighted by atomic mass is 9.95. The highest BCUT2D eigenvalue weighted by molar-refractivity contribution is 5.80. The molecule has 2 fully saturated rings. The molecule has 5 heteroatoms. The molecule has 0 amide bonds. The number of anilines is 1. The van der Waals surface area contributed by atoms with Crippen LogP contribution in [0.15, 0.2) is 36.4 Å². The Morgan fingerprint density at radius 2 is 1.96 bits per heavy atom. The molecule has 0 spiro atoms. The van der Waals surface area contributed by atoms with Crippen LogP contribution in [0.4, 0.5) is 10.1 Å². The first-order chi connectivity index (χ1) is 13.3. The van der Waals surface area contributed by atoms with Crippen LogP contribution < -0.4 is 10.2 Å². The Kier molecular flexibility index (Phi) is 5.38. The molecule has 2 aromatic rings. The smallest absolute Gasteiger partial charge is 0.141 e. The van der Waals surface area contributed by atoms with E-state index in [9.17, 15) is 4.39 Å². The molecule has 1 atom stereocenters. The third-order valence-electron chi connectivity index (χ3n) is 5.42. The van der Waals surface area contributed by atoms with Crippen molar-refractivity contribution in [2.24, 2.45) is 0 Å². The van der Waals surface area contributed by atoms with Crippen LogP contribution in [0.2, 0.25) is 0 Å². The monoisotopic (exact) mass is 365 g/mol. The predicted molar refractivity (Wildman–Crippen MR) is 104 cm³/mol. The Morgan fingerprint density at radius 1 is 1.11 bits per heavy atom. The van der Waals surface area contributed by atoms with Crippen LogP contribution in [0.5, 0.6) is 0 Å². The van der Waals surface area contributed by atoms with E-state index in [0.717, 1.165) is 48.6 Å². The molecule has 4 nitrogen and oxygen atoms in total. The molecule has 27 heavy (non-hydrogen) atoms. The van der Waals surface area contributed by atoms with E-state index in [1.165, 1.54) is 25.3 Å². The van der Waals surface area contributed by atoms with Gasteiger partial charge in [-0.15, -0.1) is 0 Å². The lowest BCUT2D eigenvalue weighted by Gasteiger charge is -2.32. The molecule has 2 aliphatic rings. The van der Waals surface area contributed by atoms with Gasteiger partial charge in [-0.1, -0.05) is 12.1 Å². The summed E-state index contributed by atoms with van der Waals surface area (Å²) in [6, 6.07) is 13.2. The van der Waals surface area contributed by atoms with Gasteiger partial charge in [0.05, 0.1) is 18.3 Å². The molecule has 0 saturated carbocycles. The predicted octanol–water partition coefficient (Wildman–Crippen LogP) is 4.02. The number of rotatable bonds is 3. The second-order valence-corrected chi connectivity index (χ2v) is 7.19. The van der Waals surface area contributed by atoms with Crippen LogP contribution in [0.1, 0.15) is 36.5 Å². The molecule has 2 aliphatic heterocycles. The van der Waals surface area contributed by atoms with Crippen molar-refractivity contribution in [2.75, 3.05) is 37.7 Å². The first-order valence-corrected chi connectivity index (χ1v) is 9.67. The minimum atomic E-state index is -0.472. The zero-order chi connectivity index (χ0) is 18.6. The van der Waals surface area contributed by atoms with Gasteiger partial charge < -0.3 is 15.0 Å². The van der Waals surface area contributed by atoms with Crippen molar-refractivity contribution in [3.05, 3.63) is 53.3 Å². The van der Waals surface area contributed by atoms with Crippen molar-refractivity contribution in [3.8, 4) is 17.2 Å². The van der Waals surface area contributed by atoms with E-state index in [1.54, 1.807) is 6.07 Å². The van der Waals surface area contributed by atoms with Gasteiger partial charge in [0.25, 0.3) is 0 Å². The summed E-state index contributed by atoms with van der Waals surface area (Å²) in [5.74, 6) is -0.472. The first kappa shape index (κ1) is 18.0. The lowest BCUT2D eigenvalue weighted by Crippen LogP contribution is -2.33. The van der Waals surface area contributed by atoms with E-state index in [1.807, 2.05) is 12.1 Å². The normalized spacial score (nSPS) is 20.3. The highest BCUT2D eigenvalue weighted by Gasteiger charge is 2.21. The number of hydrogen-bond donors (Lipinski definition) is 1. The van der Waals surface area contributed by atoms with Gasteiger partial charge in [-0.2, -0.15) is 5.26 Å². The van der Waals surface area contributed by atoms with Crippen molar-refractivity contribution in [3.63, 3.8) is 0 Å². The van der Waals surface area contributed by atoms with Crippen molar-refractivity contribution in [2.45, 2.75) is 25.4 Å². The quantitative estimate of drug-likeness (QED) is 0.893. The number of nitrogens with one attached hydrogen (secondary N) is 1. The lowest BCUT2D eigenvalue weighted by molar-refractivity contribution is 0.0277. The highest BCUT2D eigenvalue weighted by Crippen LogP contribution is 2.36. The summed E-state index contributed by atoms with van der Waals surface area (Å²) in [7, 11) is 0. The summed E-state index contributed by atoms with van der Waals surface area (Å²) in [6.45, 7) is 4.39. The van der Waals surface area contributed by atoms with Gasteiger partial charge in [-0.3, -0.25) is 0 Å². The maximum absolute atomic E-state index is 14.3. The Hall–Kier alpha value is -2.42. The van der Waals surface area contributed by atoms with Gasteiger partial charge in [0.15, 0.2) is 0 Å². The highest BCUT2D eigenvalue weighted by atomic mass is 19.1. The van der Waals surface area contributed by atoms with E-state index in [4.69, 9.17) is 10.00 Å². The standard InChI is InChI=1S/C22H24FN3O/c23-20-13-16(4-5-18(20)14-24)19-12-17(22-15-25-8-11-27-22)6-7-21(19)26-9-2-1-3-10-26/h4-7,12-13,22,25H,1-3,8-11,15H2. The maximum Gasteiger partial charge on any atom is 0.141 e. The van der Waals surface area contributed by atoms with Gasteiger partial charge in [0, 0.05) is 37.4 Å². The largest absolute Gasteiger partial charge is 0.371 e. The molecule has 0 radical (unpaired) electrons. The van der Waals surface area contributed by atoms with Crippen LogP contribution in [-0.4, -0.2) is 32.8 Å². The van der Waals surface area contributed by atoms with Crippen LogP contribution in [0.25, 0.3) is 11.1 Å². The zero-order valence-electron chi connectivity index (χ0n) is 15.4. The number of nitrogens with zero attached hydrogens (tertiary/aromatic N) is 2. The van der Waals surface area contributed by atoms with Crippen molar-refractivity contribution in [1.82, 2.24) is 5.32 Å². The number of ether oxygens (including phenoxy) is 1. The summed E-state index contributed by atoms with van der Waals surface area (Å²) in [4.78, 5) is 2.39. The van der Waals surface area contributed by atoms with Crippen LogP contribution in [0, 0.1) is 17.1 Å². The third-order valence-corrected chi connectivity index (χ3v) is 5.42. The fraction of sp³-hybridized carbons (Fsp3) is 0.409. The Bertz CT molecular complexity index is 849. The fourth-order valence-electron chi connectivity index (χ4n) is 3.95. The SMILES string of the molecule is N#Cc1ccc(-c2cc(C3CNCCO3)ccc2N2CCCCC2)cc1F. The van der Waals surface area contributed by atoms with Crippen molar-refractivity contribution in [1.29, 1.82) is 5.26 Å². The molecule has 0 bridgehead atoms. The minimum Gasteiger partial charge on any atom is -0.371 e. The molecule has 2 aromatic carbocycles. The number of hydrogen-bond acceptors (Lipinski definition) is 4. The summed E-state index contributed by atoms with van der Waals surface area (Å²) in [5, 5.41) is 12.4. The molecular formula is C22H24FN3O. The van der Waals surface area contributed by atoms with Gasteiger partial charge in [-0.25, -0.2) is 4.39 Å². The van der Waals surface area contributed by atoms with E-state index in [-0.39, 0.29) is 11.7 Å². The van der Waals surface area contributed by atoms with E-state index in [2.05, 4.69) is 28.4 Å². The Labute approximate surface area is 159 Å². The maximum atomic E-state index is 14.3. The number of morpholine rings is 1. The molecule has 0 aromatic heterocycles. The summed E-state index contributed by atoms with van der Waals surface area (Å²) in [6.07, 6.45) is 3.63. The number of benzene rings is 2. The second kappa shape index (κ2) is 8.08. The molecular weight excluding hydrogens is 341 g/mol. The van der Waals surface area contributed by atoms with E-state index in [0.29, 0.717) is 6.61 Å². The van der Waals surface area contributed by atoms with Gasteiger partial charge >= 0.3 is 0 Å². The van der Waals surface area contributed by atoms with Gasteiger partial charge in [-0.05, 0) is 54.7 Å².